The zero-order valence-electron chi connectivity index (χ0n) is 13.7. The Labute approximate surface area is 148 Å². The molecule has 0 aromatic heterocycles. The fraction of sp³-hybridized carbons (Fsp3) is 0.562. The van der Waals surface area contributed by atoms with Crippen LogP contribution in [0.5, 0.6) is 5.75 Å². The summed E-state index contributed by atoms with van der Waals surface area (Å²) in [5.41, 5.74) is 0.529. The summed E-state index contributed by atoms with van der Waals surface area (Å²) in [5, 5.41) is 3.22. The molecule has 1 amide bonds. The Bertz CT molecular complexity index is 673. The number of benzene rings is 1. The van der Waals surface area contributed by atoms with Gasteiger partial charge in [-0.15, -0.1) is 0 Å². The normalized spacial score (nSPS) is 15.9. The number of nitrogens with one attached hydrogen (secondary N) is 2. The topological polar surface area (TPSA) is 84.5 Å². The van der Waals surface area contributed by atoms with Crippen molar-refractivity contribution in [1.29, 1.82) is 0 Å². The molecule has 0 spiro atoms. The smallest absolute Gasteiger partial charge is 0.235 e. The molecule has 1 aliphatic carbocycles. The molecule has 1 aromatic carbocycles. The van der Waals surface area contributed by atoms with E-state index in [9.17, 15) is 13.2 Å². The molecule has 1 fully saturated rings. The Balaban J connectivity index is 1.84. The lowest BCUT2D eigenvalue weighted by Gasteiger charge is -2.22. The summed E-state index contributed by atoms with van der Waals surface area (Å²) in [6.45, 7) is -0.247. The van der Waals surface area contributed by atoms with Crippen LogP contribution in [0, 0.1) is 0 Å². The van der Waals surface area contributed by atoms with E-state index in [1.807, 2.05) is 0 Å². The molecule has 0 heterocycles. The van der Waals surface area contributed by atoms with Crippen LogP contribution in [0.2, 0.25) is 5.02 Å². The molecular formula is C16H23ClN2O4S. The molecule has 134 valence electrons. The van der Waals surface area contributed by atoms with E-state index >= 15 is 0 Å². The van der Waals surface area contributed by atoms with Gasteiger partial charge in [0.2, 0.25) is 15.9 Å². The van der Waals surface area contributed by atoms with Gasteiger partial charge in [-0.25, -0.2) is 13.1 Å². The van der Waals surface area contributed by atoms with Gasteiger partial charge in [0.15, 0.2) is 0 Å². The molecule has 2 N–H and O–H groups in total. The zero-order valence-corrected chi connectivity index (χ0v) is 15.3. The van der Waals surface area contributed by atoms with E-state index in [2.05, 4.69) is 10.0 Å². The number of hydrogen-bond acceptors (Lipinski definition) is 4. The quantitative estimate of drug-likeness (QED) is 0.766. The Morgan fingerprint density at radius 1 is 1.29 bits per heavy atom. The summed E-state index contributed by atoms with van der Waals surface area (Å²) < 4.78 is 31.6. The fourth-order valence-corrected chi connectivity index (χ4v) is 4.12. The minimum Gasteiger partial charge on any atom is -0.495 e. The largest absolute Gasteiger partial charge is 0.495 e. The van der Waals surface area contributed by atoms with Crippen molar-refractivity contribution in [3.05, 3.63) is 28.8 Å². The average molecular weight is 375 g/mol. The highest BCUT2D eigenvalue weighted by Gasteiger charge is 2.18. The van der Waals surface area contributed by atoms with Crippen molar-refractivity contribution < 1.29 is 17.9 Å². The summed E-state index contributed by atoms with van der Waals surface area (Å²) in [6, 6.07) is 4.95. The van der Waals surface area contributed by atoms with Crippen LogP contribution in [0.3, 0.4) is 0 Å². The van der Waals surface area contributed by atoms with Crippen molar-refractivity contribution in [1.82, 2.24) is 10.0 Å². The molecule has 1 aliphatic rings. The van der Waals surface area contributed by atoms with Gasteiger partial charge in [-0.3, -0.25) is 4.79 Å². The second-order valence-electron chi connectivity index (χ2n) is 5.95. The first-order valence-corrected chi connectivity index (χ1v) is 10.0. The molecule has 1 saturated carbocycles. The van der Waals surface area contributed by atoms with E-state index in [0.717, 1.165) is 25.7 Å². The second kappa shape index (κ2) is 8.69. The molecule has 0 saturated heterocycles. The van der Waals surface area contributed by atoms with Gasteiger partial charge >= 0.3 is 0 Å². The van der Waals surface area contributed by atoms with Crippen LogP contribution in [0.25, 0.3) is 0 Å². The van der Waals surface area contributed by atoms with Crippen molar-refractivity contribution in [2.24, 2.45) is 0 Å². The Kier molecular flexibility index (Phi) is 6.89. The minimum atomic E-state index is -3.62. The molecule has 6 nitrogen and oxygen atoms in total. The van der Waals surface area contributed by atoms with Crippen LogP contribution < -0.4 is 14.8 Å². The minimum absolute atomic E-state index is 0.163. The van der Waals surface area contributed by atoms with Crippen molar-refractivity contribution in [2.45, 2.75) is 43.9 Å². The number of halogens is 1. The van der Waals surface area contributed by atoms with Gasteiger partial charge in [-0.1, -0.05) is 36.9 Å². The SMILES string of the molecule is COc1ccc(CS(=O)(=O)NCC(=O)NC2CCCCC2)cc1Cl. The van der Waals surface area contributed by atoms with E-state index in [0.29, 0.717) is 16.3 Å². The van der Waals surface area contributed by atoms with Crippen LogP contribution in [0.1, 0.15) is 37.7 Å². The first-order valence-electron chi connectivity index (χ1n) is 7.99. The van der Waals surface area contributed by atoms with Gasteiger partial charge in [0, 0.05) is 6.04 Å². The molecule has 0 unspecified atom stereocenters. The number of carbonyl (C=O) groups is 1. The summed E-state index contributed by atoms with van der Waals surface area (Å²) >= 11 is 5.99. The van der Waals surface area contributed by atoms with Crippen LogP contribution >= 0.6 is 11.6 Å². The maximum Gasteiger partial charge on any atom is 0.235 e. The highest BCUT2D eigenvalue weighted by atomic mass is 35.5. The van der Waals surface area contributed by atoms with Crippen molar-refractivity contribution in [3.63, 3.8) is 0 Å². The predicted molar refractivity (Wildman–Crippen MR) is 93.6 cm³/mol. The molecule has 8 heteroatoms. The van der Waals surface area contributed by atoms with E-state index in [-0.39, 0.29) is 24.2 Å². The van der Waals surface area contributed by atoms with Gasteiger partial charge in [0.25, 0.3) is 0 Å². The molecule has 2 rings (SSSR count). The van der Waals surface area contributed by atoms with Crippen molar-refractivity contribution in [3.8, 4) is 5.75 Å². The third-order valence-corrected chi connectivity index (χ3v) is 5.59. The Morgan fingerprint density at radius 3 is 2.62 bits per heavy atom. The highest BCUT2D eigenvalue weighted by molar-refractivity contribution is 7.88. The van der Waals surface area contributed by atoms with Crippen LogP contribution in [-0.2, 0) is 20.6 Å². The average Bonchev–Trinajstić information content (AvgIpc) is 2.54. The second-order valence-corrected chi connectivity index (χ2v) is 8.17. The summed E-state index contributed by atoms with van der Waals surface area (Å²) in [6.07, 6.45) is 5.33. The highest BCUT2D eigenvalue weighted by Crippen LogP contribution is 2.25. The first-order chi connectivity index (χ1) is 11.4. The Hall–Kier alpha value is -1.31. The number of carbonyl (C=O) groups excluding carboxylic acids is 1. The van der Waals surface area contributed by atoms with Crippen molar-refractivity contribution >= 4 is 27.5 Å². The number of ether oxygens (including phenoxy) is 1. The molecule has 0 radical (unpaired) electrons. The van der Waals surface area contributed by atoms with Gasteiger partial charge in [0.1, 0.15) is 5.75 Å². The summed E-state index contributed by atoms with van der Waals surface area (Å²) in [5.74, 6) is -0.0520. The van der Waals surface area contributed by atoms with Gasteiger partial charge in [0.05, 0.1) is 24.4 Å². The molecular weight excluding hydrogens is 352 g/mol. The van der Waals surface area contributed by atoms with E-state index < -0.39 is 10.0 Å². The maximum absolute atomic E-state index is 12.1. The molecule has 0 atom stereocenters. The predicted octanol–water partition coefficient (Wildman–Crippen LogP) is 2.22. The maximum atomic E-state index is 12.1. The number of sulfonamides is 1. The van der Waals surface area contributed by atoms with Crippen LogP contribution in [-0.4, -0.2) is 34.0 Å². The number of amides is 1. The number of rotatable bonds is 7. The van der Waals surface area contributed by atoms with Crippen LogP contribution in [0.15, 0.2) is 18.2 Å². The fourth-order valence-electron chi connectivity index (χ4n) is 2.77. The summed E-state index contributed by atoms with van der Waals surface area (Å²) in [4.78, 5) is 11.9. The third kappa shape index (κ3) is 5.96. The van der Waals surface area contributed by atoms with E-state index in [4.69, 9.17) is 16.3 Å². The van der Waals surface area contributed by atoms with Gasteiger partial charge < -0.3 is 10.1 Å². The number of hydrogen-bond donors (Lipinski definition) is 2. The van der Waals surface area contributed by atoms with Gasteiger partial charge in [-0.2, -0.15) is 0 Å². The molecule has 1 aromatic rings. The zero-order chi connectivity index (χ0) is 17.6. The first kappa shape index (κ1) is 19.0. The van der Waals surface area contributed by atoms with Crippen molar-refractivity contribution in [2.75, 3.05) is 13.7 Å². The lowest BCUT2D eigenvalue weighted by molar-refractivity contribution is -0.120. The van der Waals surface area contributed by atoms with E-state index in [1.54, 1.807) is 18.2 Å². The third-order valence-electron chi connectivity index (χ3n) is 4.00. The molecule has 0 bridgehead atoms. The van der Waals surface area contributed by atoms with Crippen LogP contribution in [0.4, 0.5) is 0 Å². The lowest BCUT2D eigenvalue weighted by atomic mass is 9.95. The lowest BCUT2D eigenvalue weighted by Crippen LogP contribution is -2.42. The molecule has 24 heavy (non-hydrogen) atoms. The monoisotopic (exact) mass is 374 g/mol. The van der Waals surface area contributed by atoms with E-state index in [1.165, 1.54) is 13.5 Å². The van der Waals surface area contributed by atoms with Gasteiger partial charge in [-0.05, 0) is 30.5 Å². The molecule has 0 aliphatic heterocycles. The number of methoxy groups -OCH3 is 1. The Morgan fingerprint density at radius 2 is 2.00 bits per heavy atom. The standard InChI is InChI=1S/C16H23ClN2O4S/c1-23-15-8-7-12(9-14(15)17)11-24(21,22)18-10-16(20)19-13-5-3-2-4-6-13/h7-9,13,18H,2-6,10-11H2,1H3,(H,19,20). The summed E-state index contributed by atoms with van der Waals surface area (Å²) in [7, 11) is -2.13.